The molecule has 0 saturated carbocycles. The molecule has 2 amide bonds. The van der Waals surface area contributed by atoms with Gasteiger partial charge in [0, 0.05) is 12.5 Å². The first kappa shape index (κ1) is 21.8. The third kappa shape index (κ3) is 4.05. The number of rotatable bonds is 5. The first-order valence-electron chi connectivity index (χ1n) is 10.7. The number of carboxylic acids is 1. The summed E-state index contributed by atoms with van der Waals surface area (Å²) >= 11 is 0. The number of ether oxygens (including phenoxy) is 1. The van der Waals surface area contributed by atoms with E-state index in [1.54, 1.807) is 0 Å². The highest BCUT2D eigenvalue weighted by Crippen LogP contribution is 2.44. The van der Waals surface area contributed by atoms with Crippen molar-refractivity contribution >= 4 is 18.0 Å². The molecule has 0 radical (unpaired) electrons. The van der Waals surface area contributed by atoms with Crippen molar-refractivity contribution in [3.63, 3.8) is 0 Å². The SMILES string of the molecule is C[C@@H](NC(=O)OCC1c2ccccc2-c2ccccc21)C(=O)N1CCCC(O)(C(=O)O)C1. The van der Waals surface area contributed by atoms with Gasteiger partial charge in [-0.15, -0.1) is 0 Å². The van der Waals surface area contributed by atoms with Crippen LogP contribution in [0.1, 0.15) is 36.8 Å². The maximum atomic E-state index is 12.7. The number of carbonyl (C=O) groups is 3. The summed E-state index contributed by atoms with van der Waals surface area (Å²) in [5, 5.41) is 21.9. The topological polar surface area (TPSA) is 116 Å². The number of fused-ring (bicyclic) bond motifs is 3. The average molecular weight is 438 g/mol. The molecule has 8 heteroatoms. The van der Waals surface area contributed by atoms with Crippen molar-refractivity contribution < 1.29 is 29.3 Å². The number of hydrogen-bond acceptors (Lipinski definition) is 5. The van der Waals surface area contributed by atoms with Crippen molar-refractivity contribution in [3.05, 3.63) is 59.7 Å². The smallest absolute Gasteiger partial charge is 0.407 e. The van der Waals surface area contributed by atoms with E-state index in [0.717, 1.165) is 22.3 Å². The first-order chi connectivity index (χ1) is 15.3. The van der Waals surface area contributed by atoms with Gasteiger partial charge in [-0.1, -0.05) is 48.5 Å². The molecule has 1 aliphatic heterocycles. The number of amides is 2. The Bertz CT molecular complexity index is 1010. The predicted octanol–water partition coefficient (Wildman–Crippen LogP) is 2.35. The monoisotopic (exact) mass is 438 g/mol. The lowest BCUT2D eigenvalue weighted by atomic mass is 9.92. The highest BCUT2D eigenvalue weighted by Gasteiger charge is 2.42. The normalized spacial score (nSPS) is 20.8. The minimum Gasteiger partial charge on any atom is -0.479 e. The van der Waals surface area contributed by atoms with Gasteiger partial charge >= 0.3 is 12.1 Å². The van der Waals surface area contributed by atoms with Crippen molar-refractivity contribution in [2.45, 2.75) is 37.3 Å². The van der Waals surface area contributed by atoms with Gasteiger partial charge in [-0.2, -0.15) is 0 Å². The maximum absolute atomic E-state index is 12.7. The highest BCUT2D eigenvalue weighted by molar-refractivity contribution is 5.87. The molecule has 0 spiro atoms. The Morgan fingerprint density at radius 3 is 2.31 bits per heavy atom. The fourth-order valence-electron chi connectivity index (χ4n) is 4.55. The van der Waals surface area contributed by atoms with E-state index in [-0.39, 0.29) is 25.5 Å². The number of aliphatic carboxylic acids is 1. The summed E-state index contributed by atoms with van der Waals surface area (Å²) in [5.74, 6) is -1.91. The zero-order valence-electron chi connectivity index (χ0n) is 17.8. The molecule has 1 fully saturated rings. The predicted molar refractivity (Wildman–Crippen MR) is 116 cm³/mol. The second-order valence-electron chi connectivity index (χ2n) is 8.39. The number of alkyl carbamates (subject to hydrolysis) is 1. The first-order valence-corrected chi connectivity index (χ1v) is 10.7. The molecular formula is C24H26N2O6. The molecule has 2 aromatic carbocycles. The van der Waals surface area contributed by atoms with Crippen LogP contribution in [0.5, 0.6) is 0 Å². The number of hydrogen-bond donors (Lipinski definition) is 3. The number of nitrogens with zero attached hydrogens (tertiary/aromatic N) is 1. The molecule has 2 atom stereocenters. The van der Waals surface area contributed by atoms with Crippen molar-refractivity contribution in [2.24, 2.45) is 0 Å². The van der Waals surface area contributed by atoms with Gasteiger partial charge in [-0.05, 0) is 42.0 Å². The minimum atomic E-state index is -1.96. The van der Waals surface area contributed by atoms with Gasteiger partial charge in [0.05, 0.1) is 6.54 Å². The summed E-state index contributed by atoms with van der Waals surface area (Å²) in [6.07, 6.45) is -0.273. The number of nitrogens with one attached hydrogen (secondary N) is 1. The van der Waals surface area contributed by atoms with Gasteiger partial charge in [0.15, 0.2) is 5.60 Å². The largest absolute Gasteiger partial charge is 0.479 e. The lowest BCUT2D eigenvalue weighted by Gasteiger charge is -2.37. The quantitative estimate of drug-likeness (QED) is 0.660. The molecule has 1 saturated heterocycles. The third-order valence-electron chi connectivity index (χ3n) is 6.23. The summed E-state index contributed by atoms with van der Waals surface area (Å²) in [4.78, 5) is 37.7. The lowest BCUT2D eigenvalue weighted by molar-refractivity contribution is -0.166. The molecule has 168 valence electrons. The fourth-order valence-corrected chi connectivity index (χ4v) is 4.55. The van der Waals surface area contributed by atoms with Crippen molar-refractivity contribution in [3.8, 4) is 11.1 Å². The molecule has 2 aromatic rings. The van der Waals surface area contributed by atoms with Gasteiger partial charge in [0.1, 0.15) is 12.6 Å². The Kier molecular flexibility index (Phi) is 5.88. The van der Waals surface area contributed by atoms with E-state index in [0.29, 0.717) is 13.0 Å². The Balaban J connectivity index is 1.36. The van der Waals surface area contributed by atoms with Crippen LogP contribution in [0.25, 0.3) is 11.1 Å². The molecular weight excluding hydrogens is 412 g/mol. The standard InChI is InChI=1S/C24H26N2O6/c1-15(21(27)26-12-6-11-24(31,14-26)22(28)29)25-23(30)32-13-20-18-9-4-2-7-16(18)17-8-3-5-10-19(17)20/h2-5,7-10,15,20,31H,6,11-14H2,1H3,(H,25,30)(H,28,29)/t15-,24?/m1/s1. The molecule has 8 nitrogen and oxygen atoms in total. The number of piperidine rings is 1. The minimum absolute atomic E-state index is 0.0836. The lowest BCUT2D eigenvalue weighted by Crippen LogP contribution is -2.58. The Labute approximate surface area is 185 Å². The summed E-state index contributed by atoms with van der Waals surface area (Å²) in [5.41, 5.74) is 2.46. The van der Waals surface area contributed by atoms with Gasteiger partial charge in [-0.3, -0.25) is 4.79 Å². The average Bonchev–Trinajstić information content (AvgIpc) is 3.11. The molecule has 1 heterocycles. The molecule has 0 bridgehead atoms. The van der Waals surface area contributed by atoms with Crippen LogP contribution in [-0.2, 0) is 14.3 Å². The molecule has 1 unspecified atom stereocenters. The van der Waals surface area contributed by atoms with Crippen molar-refractivity contribution in [2.75, 3.05) is 19.7 Å². The molecule has 2 aliphatic rings. The van der Waals surface area contributed by atoms with E-state index in [9.17, 15) is 24.6 Å². The highest BCUT2D eigenvalue weighted by atomic mass is 16.5. The zero-order valence-corrected chi connectivity index (χ0v) is 17.8. The number of carbonyl (C=O) groups excluding carboxylic acids is 2. The third-order valence-corrected chi connectivity index (χ3v) is 6.23. The van der Waals surface area contributed by atoms with E-state index in [4.69, 9.17) is 4.74 Å². The second-order valence-corrected chi connectivity index (χ2v) is 8.39. The van der Waals surface area contributed by atoms with Gasteiger partial charge in [0.2, 0.25) is 5.91 Å². The zero-order chi connectivity index (χ0) is 22.9. The van der Waals surface area contributed by atoms with E-state index >= 15 is 0 Å². The number of β-amino-alcohol motifs (C(OH)–C–C–N with tert-alkyl or cyclic N) is 1. The number of aliphatic hydroxyl groups is 1. The number of carboxylic acid groups (broad SMARTS) is 1. The van der Waals surface area contributed by atoms with E-state index in [1.807, 2.05) is 48.5 Å². The van der Waals surface area contributed by atoms with Crippen molar-refractivity contribution in [1.29, 1.82) is 0 Å². The van der Waals surface area contributed by atoms with Gasteiger partial charge in [-0.25, -0.2) is 9.59 Å². The van der Waals surface area contributed by atoms with Crippen LogP contribution in [0.4, 0.5) is 4.79 Å². The van der Waals surface area contributed by atoms with Crippen LogP contribution >= 0.6 is 0 Å². The van der Waals surface area contributed by atoms with Crippen LogP contribution in [0.2, 0.25) is 0 Å². The van der Waals surface area contributed by atoms with Gasteiger partial charge < -0.3 is 25.2 Å². The molecule has 0 aromatic heterocycles. The van der Waals surface area contributed by atoms with Crippen LogP contribution < -0.4 is 5.32 Å². The Morgan fingerprint density at radius 2 is 1.72 bits per heavy atom. The summed E-state index contributed by atoms with van der Waals surface area (Å²) in [6, 6.07) is 15.1. The van der Waals surface area contributed by atoms with Crippen molar-refractivity contribution in [1.82, 2.24) is 10.2 Å². The number of benzene rings is 2. The van der Waals surface area contributed by atoms with E-state index < -0.39 is 29.6 Å². The molecule has 3 N–H and O–H groups in total. The van der Waals surface area contributed by atoms with Crippen LogP contribution in [0.3, 0.4) is 0 Å². The summed E-state index contributed by atoms with van der Waals surface area (Å²) in [6.45, 7) is 1.66. The van der Waals surface area contributed by atoms with Crippen LogP contribution in [0.15, 0.2) is 48.5 Å². The van der Waals surface area contributed by atoms with Crippen LogP contribution in [-0.4, -0.2) is 64.4 Å². The molecule has 32 heavy (non-hydrogen) atoms. The van der Waals surface area contributed by atoms with E-state index in [2.05, 4.69) is 5.32 Å². The Hall–Kier alpha value is -3.39. The van der Waals surface area contributed by atoms with E-state index in [1.165, 1.54) is 11.8 Å². The summed E-state index contributed by atoms with van der Waals surface area (Å²) < 4.78 is 5.46. The maximum Gasteiger partial charge on any atom is 0.407 e. The molecule has 1 aliphatic carbocycles. The number of likely N-dealkylation sites (tertiary alicyclic amines) is 1. The summed E-state index contributed by atoms with van der Waals surface area (Å²) in [7, 11) is 0. The van der Waals surface area contributed by atoms with Crippen LogP contribution in [0, 0.1) is 0 Å². The second kappa shape index (κ2) is 8.63. The fraction of sp³-hybridized carbons (Fsp3) is 0.375. The van der Waals surface area contributed by atoms with Gasteiger partial charge in [0.25, 0.3) is 0 Å². The molecule has 4 rings (SSSR count). The Morgan fingerprint density at radius 1 is 1.12 bits per heavy atom.